The third-order valence-electron chi connectivity index (χ3n) is 3.61. The van der Waals surface area contributed by atoms with Crippen LogP contribution < -0.4 is 9.47 Å². The minimum atomic E-state index is 0.455. The molecule has 0 unspecified atom stereocenters. The molecule has 24 heavy (non-hydrogen) atoms. The predicted molar refractivity (Wildman–Crippen MR) is 91.7 cm³/mol. The van der Waals surface area contributed by atoms with E-state index in [2.05, 4.69) is 11.1 Å². The van der Waals surface area contributed by atoms with E-state index in [1.165, 1.54) is 0 Å². The highest BCUT2D eigenvalue weighted by atomic mass is 16.5. The first-order valence-corrected chi connectivity index (χ1v) is 7.50. The summed E-state index contributed by atoms with van der Waals surface area (Å²) in [5.74, 6) is 1.36. The van der Waals surface area contributed by atoms with Gasteiger partial charge in [0.1, 0.15) is 18.1 Å². The average molecular weight is 316 g/mol. The standard InChI is InChI=1S/C20H16N2O2/c1-23-18-10-17(12-22-13-18)19-9-16(11-21)7-8-20(19)24-14-15-5-3-2-4-6-15/h2-10,12-13H,14H2,1H3. The van der Waals surface area contributed by atoms with Crippen molar-refractivity contribution in [1.29, 1.82) is 5.26 Å². The molecule has 4 nitrogen and oxygen atoms in total. The molecule has 118 valence electrons. The van der Waals surface area contributed by atoms with E-state index in [0.717, 1.165) is 16.7 Å². The number of nitrogens with zero attached hydrogens (tertiary/aromatic N) is 2. The Morgan fingerprint density at radius 2 is 1.88 bits per heavy atom. The van der Waals surface area contributed by atoms with Crippen molar-refractivity contribution >= 4 is 0 Å². The van der Waals surface area contributed by atoms with Crippen molar-refractivity contribution in [2.75, 3.05) is 7.11 Å². The average Bonchev–Trinajstić information content (AvgIpc) is 2.67. The van der Waals surface area contributed by atoms with Crippen LogP contribution in [0.5, 0.6) is 11.5 Å². The monoisotopic (exact) mass is 316 g/mol. The Morgan fingerprint density at radius 3 is 2.62 bits per heavy atom. The molecule has 0 aliphatic heterocycles. The lowest BCUT2D eigenvalue weighted by Gasteiger charge is -2.13. The van der Waals surface area contributed by atoms with E-state index in [1.54, 1.807) is 31.6 Å². The summed E-state index contributed by atoms with van der Waals surface area (Å²) in [6, 6.07) is 19.3. The first-order chi connectivity index (χ1) is 11.8. The molecule has 1 aromatic heterocycles. The first kappa shape index (κ1) is 15.6. The quantitative estimate of drug-likeness (QED) is 0.707. The van der Waals surface area contributed by atoms with Gasteiger partial charge < -0.3 is 9.47 Å². The van der Waals surface area contributed by atoms with Gasteiger partial charge in [-0.3, -0.25) is 4.98 Å². The van der Waals surface area contributed by atoms with Gasteiger partial charge in [0, 0.05) is 17.3 Å². The smallest absolute Gasteiger partial charge is 0.137 e. The highest BCUT2D eigenvalue weighted by Gasteiger charge is 2.10. The van der Waals surface area contributed by atoms with E-state index >= 15 is 0 Å². The zero-order valence-corrected chi connectivity index (χ0v) is 13.3. The summed E-state index contributed by atoms with van der Waals surface area (Å²) in [6.07, 6.45) is 3.37. The Morgan fingerprint density at radius 1 is 1.04 bits per heavy atom. The summed E-state index contributed by atoms with van der Waals surface area (Å²) in [5.41, 5.74) is 3.31. The fourth-order valence-corrected chi connectivity index (χ4v) is 2.36. The second kappa shape index (κ2) is 7.30. The maximum absolute atomic E-state index is 9.18. The normalized spacial score (nSPS) is 10.0. The highest BCUT2D eigenvalue weighted by Crippen LogP contribution is 2.32. The Labute approximate surface area is 140 Å². The van der Waals surface area contributed by atoms with E-state index in [4.69, 9.17) is 9.47 Å². The van der Waals surface area contributed by atoms with Crippen molar-refractivity contribution in [2.24, 2.45) is 0 Å². The molecule has 0 saturated heterocycles. The summed E-state index contributed by atoms with van der Waals surface area (Å²) in [4.78, 5) is 4.18. The second-order valence-electron chi connectivity index (χ2n) is 5.21. The molecular weight excluding hydrogens is 300 g/mol. The molecule has 0 amide bonds. The van der Waals surface area contributed by atoms with Crippen LogP contribution in [0.2, 0.25) is 0 Å². The van der Waals surface area contributed by atoms with Crippen molar-refractivity contribution < 1.29 is 9.47 Å². The van der Waals surface area contributed by atoms with Crippen LogP contribution in [0, 0.1) is 11.3 Å². The van der Waals surface area contributed by atoms with Gasteiger partial charge in [-0.05, 0) is 29.8 Å². The molecule has 2 aromatic carbocycles. The van der Waals surface area contributed by atoms with Crippen LogP contribution in [0.3, 0.4) is 0 Å². The zero-order chi connectivity index (χ0) is 16.8. The molecule has 0 radical (unpaired) electrons. The Kier molecular flexibility index (Phi) is 4.73. The lowest BCUT2D eigenvalue weighted by Crippen LogP contribution is -1.97. The van der Waals surface area contributed by atoms with Gasteiger partial charge in [0.25, 0.3) is 0 Å². The molecule has 0 saturated carbocycles. The molecule has 0 fully saturated rings. The van der Waals surface area contributed by atoms with E-state index < -0.39 is 0 Å². The van der Waals surface area contributed by atoms with Crippen molar-refractivity contribution in [3.63, 3.8) is 0 Å². The van der Waals surface area contributed by atoms with Crippen molar-refractivity contribution in [3.05, 3.63) is 78.1 Å². The number of benzene rings is 2. The van der Waals surface area contributed by atoms with Crippen molar-refractivity contribution in [1.82, 2.24) is 4.98 Å². The van der Waals surface area contributed by atoms with Crippen LogP contribution in [0.1, 0.15) is 11.1 Å². The Bertz CT molecular complexity index is 870. The third-order valence-corrected chi connectivity index (χ3v) is 3.61. The number of ether oxygens (including phenoxy) is 2. The summed E-state index contributed by atoms with van der Waals surface area (Å²) in [6.45, 7) is 0.455. The van der Waals surface area contributed by atoms with Crippen LogP contribution in [0.25, 0.3) is 11.1 Å². The number of rotatable bonds is 5. The minimum Gasteiger partial charge on any atom is -0.495 e. The van der Waals surface area contributed by atoms with Gasteiger partial charge in [-0.2, -0.15) is 5.26 Å². The van der Waals surface area contributed by atoms with Gasteiger partial charge in [0.2, 0.25) is 0 Å². The number of aromatic nitrogens is 1. The summed E-state index contributed by atoms with van der Waals surface area (Å²) >= 11 is 0. The fraction of sp³-hybridized carbons (Fsp3) is 0.100. The molecule has 0 aliphatic rings. The fourth-order valence-electron chi connectivity index (χ4n) is 2.36. The molecule has 0 aliphatic carbocycles. The second-order valence-corrected chi connectivity index (χ2v) is 5.21. The Hall–Kier alpha value is -3.32. The van der Waals surface area contributed by atoms with Gasteiger partial charge in [0.15, 0.2) is 0 Å². The summed E-state index contributed by atoms with van der Waals surface area (Å²) in [7, 11) is 1.60. The SMILES string of the molecule is COc1cncc(-c2cc(C#N)ccc2OCc2ccccc2)c1. The topological polar surface area (TPSA) is 55.1 Å². The number of hydrogen-bond acceptors (Lipinski definition) is 4. The van der Waals surface area contributed by atoms with Crippen LogP contribution in [0.15, 0.2) is 67.0 Å². The molecular formula is C20H16N2O2. The molecule has 3 rings (SSSR count). The highest BCUT2D eigenvalue weighted by molar-refractivity contribution is 5.72. The maximum Gasteiger partial charge on any atom is 0.137 e. The van der Waals surface area contributed by atoms with E-state index in [9.17, 15) is 5.26 Å². The number of hydrogen-bond donors (Lipinski definition) is 0. The predicted octanol–water partition coefficient (Wildman–Crippen LogP) is 4.21. The summed E-state index contributed by atoms with van der Waals surface area (Å²) in [5, 5.41) is 9.18. The minimum absolute atomic E-state index is 0.455. The maximum atomic E-state index is 9.18. The van der Waals surface area contributed by atoms with Crippen molar-refractivity contribution in [2.45, 2.75) is 6.61 Å². The van der Waals surface area contributed by atoms with E-state index in [0.29, 0.717) is 23.7 Å². The van der Waals surface area contributed by atoms with Crippen LogP contribution in [0.4, 0.5) is 0 Å². The molecule has 0 N–H and O–H groups in total. The summed E-state index contributed by atoms with van der Waals surface area (Å²) < 4.78 is 11.2. The molecule has 0 bridgehead atoms. The van der Waals surface area contributed by atoms with Gasteiger partial charge in [0.05, 0.1) is 24.9 Å². The van der Waals surface area contributed by atoms with Gasteiger partial charge >= 0.3 is 0 Å². The molecule has 1 heterocycles. The molecule has 3 aromatic rings. The van der Waals surface area contributed by atoms with Gasteiger partial charge in [-0.1, -0.05) is 30.3 Å². The van der Waals surface area contributed by atoms with Crippen LogP contribution in [-0.4, -0.2) is 12.1 Å². The van der Waals surface area contributed by atoms with E-state index in [-0.39, 0.29) is 0 Å². The molecule has 0 atom stereocenters. The van der Waals surface area contributed by atoms with Crippen LogP contribution >= 0.6 is 0 Å². The third kappa shape index (κ3) is 3.53. The van der Waals surface area contributed by atoms with Crippen LogP contribution in [-0.2, 0) is 6.61 Å². The number of nitriles is 1. The van der Waals surface area contributed by atoms with Gasteiger partial charge in [-0.15, -0.1) is 0 Å². The lowest BCUT2D eigenvalue weighted by atomic mass is 10.0. The Balaban J connectivity index is 1.95. The van der Waals surface area contributed by atoms with Crippen molar-refractivity contribution in [3.8, 4) is 28.7 Å². The zero-order valence-electron chi connectivity index (χ0n) is 13.3. The molecule has 0 spiro atoms. The largest absolute Gasteiger partial charge is 0.495 e. The number of methoxy groups -OCH3 is 1. The lowest BCUT2D eigenvalue weighted by molar-refractivity contribution is 0.307. The van der Waals surface area contributed by atoms with Gasteiger partial charge in [-0.25, -0.2) is 0 Å². The molecule has 4 heteroatoms. The first-order valence-electron chi connectivity index (χ1n) is 7.50. The number of pyridine rings is 1. The van der Waals surface area contributed by atoms with E-state index in [1.807, 2.05) is 42.5 Å².